The number of nitro groups is 1. The molecule has 1 amide bonds. The molecule has 0 saturated carbocycles. The summed E-state index contributed by atoms with van der Waals surface area (Å²) in [5.74, 6) is 1.81. The highest BCUT2D eigenvalue weighted by Gasteiger charge is 2.29. The van der Waals surface area contributed by atoms with Crippen molar-refractivity contribution in [3.05, 3.63) is 172 Å². The number of hydrogen-bond acceptors (Lipinski definition) is 14. The Hall–Kier alpha value is -7.79. The van der Waals surface area contributed by atoms with E-state index in [0.717, 1.165) is 22.6 Å². The minimum Gasteiger partial charge on any atom is -0.506 e. The number of phenols is 1. The van der Waals surface area contributed by atoms with E-state index in [-0.39, 0.29) is 51.3 Å². The zero-order valence-electron chi connectivity index (χ0n) is 35.3. The van der Waals surface area contributed by atoms with Crippen molar-refractivity contribution in [2.45, 2.75) is 39.3 Å². The Morgan fingerprint density at radius 1 is 0.687 bits per heavy atom. The molecule has 0 bridgehead atoms. The van der Waals surface area contributed by atoms with Gasteiger partial charge in [-0.2, -0.15) is 0 Å². The summed E-state index contributed by atoms with van der Waals surface area (Å²) in [6, 6.07) is 41.0. The minimum atomic E-state index is -1.12. The molecular weight excluding hydrogens is 930 g/mol. The van der Waals surface area contributed by atoms with Crippen LogP contribution in [0.15, 0.2) is 146 Å². The van der Waals surface area contributed by atoms with Crippen molar-refractivity contribution in [1.29, 1.82) is 0 Å². The molecule has 1 aliphatic heterocycles. The average Bonchev–Trinajstić information content (AvgIpc) is 3.34. The van der Waals surface area contributed by atoms with E-state index in [1.54, 1.807) is 80.9 Å². The normalized spacial score (nSPS) is 12.3. The van der Waals surface area contributed by atoms with Gasteiger partial charge in [0, 0.05) is 17.2 Å². The van der Waals surface area contributed by atoms with Gasteiger partial charge in [0.2, 0.25) is 12.2 Å². The predicted molar refractivity (Wildman–Crippen MR) is 262 cm³/mol. The number of anilines is 2. The Morgan fingerprint density at radius 3 is 1.66 bits per heavy atom. The number of nitrogens with zero attached hydrogens (tertiary/aromatic N) is 1. The Labute approximate surface area is 399 Å². The van der Waals surface area contributed by atoms with Gasteiger partial charge in [-0.3, -0.25) is 19.7 Å². The molecule has 6 aromatic carbocycles. The number of amides is 1. The van der Waals surface area contributed by atoms with Gasteiger partial charge in [-0.1, -0.05) is 111 Å². The third kappa shape index (κ3) is 16.6. The molecule has 6 aromatic rings. The quantitative estimate of drug-likeness (QED) is 0.0275. The van der Waals surface area contributed by atoms with Crippen molar-refractivity contribution in [2.24, 2.45) is 0 Å². The van der Waals surface area contributed by atoms with Crippen LogP contribution in [0.3, 0.4) is 0 Å². The van der Waals surface area contributed by atoms with Crippen LogP contribution in [0.2, 0.25) is 0 Å². The fraction of sp³-hybridized carbons (Fsp3) is 0.220. The highest BCUT2D eigenvalue weighted by molar-refractivity contribution is 9.09. The Kier molecular flexibility index (Phi) is 24.7. The molecule has 1 aliphatic rings. The topological polar surface area (TPSA) is 217 Å². The molecule has 4 N–H and O–H groups in total. The maximum atomic E-state index is 12.0. The molecule has 7 rings (SSSR count). The number of rotatable bonds is 11. The number of carbonyl (C=O) groups is 3. The largest absolute Gasteiger partial charge is 0.506 e. The summed E-state index contributed by atoms with van der Waals surface area (Å²) < 4.78 is 35.8. The van der Waals surface area contributed by atoms with Crippen LogP contribution in [0, 0.1) is 10.1 Å². The van der Waals surface area contributed by atoms with Gasteiger partial charge in [0.05, 0.1) is 51.8 Å². The van der Waals surface area contributed by atoms with Gasteiger partial charge in [0.1, 0.15) is 33.6 Å². The number of nitrogens with one attached hydrogen (secondary N) is 1. The number of para-hydroxylation sites is 6. The number of fused-ring (bicyclic) bond motifs is 1. The highest BCUT2D eigenvalue weighted by Crippen LogP contribution is 2.35. The number of benzene rings is 6. The highest BCUT2D eigenvalue weighted by atomic mass is 79.9. The fourth-order valence-electron chi connectivity index (χ4n) is 5.52. The molecule has 1 heterocycles. The van der Waals surface area contributed by atoms with Gasteiger partial charge < -0.3 is 49.3 Å². The summed E-state index contributed by atoms with van der Waals surface area (Å²) in [6.45, 7) is 0. The second-order valence-corrected chi connectivity index (χ2v) is 13.9. The first-order valence-electron chi connectivity index (χ1n) is 19.1. The number of phenolic OH excluding ortho intramolecular Hbond substituents is 1. The van der Waals surface area contributed by atoms with E-state index >= 15 is 0 Å². The van der Waals surface area contributed by atoms with Crippen LogP contribution >= 0.6 is 15.9 Å². The number of hydrogen-bond donors (Lipinski definition) is 3. The first kappa shape index (κ1) is 57.2. The first-order valence-corrected chi connectivity index (χ1v) is 20.0. The number of nitro benzene ring substituents is 1. The van der Waals surface area contributed by atoms with Crippen molar-refractivity contribution in [2.75, 3.05) is 46.6 Å². The molecule has 16 nitrogen and oxygen atoms in total. The number of carbonyl (C=O) groups excluding carboxylic acids is 3. The second kappa shape index (κ2) is 28.9. The van der Waals surface area contributed by atoms with Crippen molar-refractivity contribution in [1.82, 2.24) is 0 Å². The van der Waals surface area contributed by atoms with E-state index in [9.17, 15) is 24.5 Å². The lowest BCUT2D eigenvalue weighted by Crippen LogP contribution is -2.29. The third-order valence-electron chi connectivity index (χ3n) is 8.94. The number of nitrogens with two attached hydrogens (primary N) is 1. The molecule has 0 fully saturated rings. The summed E-state index contributed by atoms with van der Waals surface area (Å²) in [5.41, 5.74) is 8.31. The monoisotopic (exact) mass is 987 g/mol. The smallest absolute Gasteiger partial charge is 0.351 e. The number of halogens is 1. The zero-order chi connectivity index (χ0) is 46.6. The lowest BCUT2D eigenvalue weighted by molar-refractivity contribution is -0.386. The summed E-state index contributed by atoms with van der Waals surface area (Å²) in [7, 11) is 7.31. The van der Waals surface area contributed by atoms with Crippen LogP contribution in [0.4, 0.5) is 17.1 Å². The van der Waals surface area contributed by atoms with Crippen LogP contribution in [-0.4, -0.2) is 63.4 Å². The summed E-state index contributed by atoms with van der Waals surface area (Å²) in [4.78, 5) is 45.3. The van der Waals surface area contributed by atoms with E-state index in [1.807, 2.05) is 60.7 Å². The summed E-state index contributed by atoms with van der Waals surface area (Å²) >= 11 is 3.24. The van der Waals surface area contributed by atoms with Crippen molar-refractivity contribution in [3.63, 3.8) is 0 Å². The molecule has 358 valence electrons. The molecule has 0 aliphatic carbocycles. The number of esters is 2. The lowest BCUT2D eigenvalue weighted by Gasteiger charge is -2.26. The summed E-state index contributed by atoms with van der Waals surface area (Å²) in [5, 5.41) is 22.7. The Balaban J connectivity index is 0.000000463. The van der Waals surface area contributed by atoms with E-state index in [1.165, 1.54) is 39.5 Å². The first-order chi connectivity index (χ1) is 30.8. The van der Waals surface area contributed by atoms with Gasteiger partial charge in [-0.25, -0.2) is 4.79 Å². The van der Waals surface area contributed by atoms with E-state index < -0.39 is 27.9 Å². The molecule has 0 saturated heterocycles. The van der Waals surface area contributed by atoms with E-state index in [0.29, 0.717) is 28.4 Å². The molecule has 0 aromatic heterocycles. The average molecular weight is 989 g/mol. The number of alkyl halides is 1. The van der Waals surface area contributed by atoms with Gasteiger partial charge in [-0.15, -0.1) is 0 Å². The standard InChI is InChI=1S/C16H15NO6.C15H13NO3.C10H11BrO3.C6H7NO.3CH4/c1-21-12-9-7-11(8-10-12)15(16(18)22-2)23-14-6-4-3-5-13(14)17(19)20;1-18-11-8-6-10(7-9-11)14-15(17)16-12-4-2-3-5-13(12)19-14;1-13-8-5-3-7(4-6-8)9(11)10(12)14-2;7-5-3-1-2-4-6(5)8;;;/h3-10,15H,1-2H3;2-9,14H,1H3,(H,16,17);3-6,9H,1-2H3;1-4,8H,7H2;3*1H4. The maximum absolute atomic E-state index is 12.0. The van der Waals surface area contributed by atoms with Crippen LogP contribution < -0.4 is 34.7 Å². The number of ether oxygens (including phenoxy) is 7. The molecule has 17 heteroatoms. The van der Waals surface area contributed by atoms with E-state index in [4.69, 9.17) is 39.3 Å². The molecule has 3 unspecified atom stereocenters. The third-order valence-corrected chi connectivity index (χ3v) is 9.84. The predicted octanol–water partition coefficient (Wildman–Crippen LogP) is 10.9. The Bertz CT molecular complexity index is 2430. The van der Waals surface area contributed by atoms with Crippen molar-refractivity contribution in [3.8, 4) is 34.5 Å². The van der Waals surface area contributed by atoms with Gasteiger partial charge in [-0.05, 0) is 72.3 Å². The minimum absolute atomic E-state index is 0. The van der Waals surface area contributed by atoms with Crippen LogP contribution in [0.1, 0.15) is 56.0 Å². The van der Waals surface area contributed by atoms with Gasteiger partial charge in [0.15, 0.2) is 5.75 Å². The van der Waals surface area contributed by atoms with Crippen molar-refractivity contribution >= 4 is 50.8 Å². The number of methoxy groups -OCH3 is 5. The summed E-state index contributed by atoms with van der Waals surface area (Å²) in [6.07, 6.45) is -1.74. The molecule has 67 heavy (non-hydrogen) atoms. The van der Waals surface area contributed by atoms with Crippen LogP contribution in [-0.2, 0) is 23.9 Å². The molecular formula is C50H58BrN3O13. The van der Waals surface area contributed by atoms with Crippen LogP contribution in [0.25, 0.3) is 0 Å². The molecule has 0 spiro atoms. The van der Waals surface area contributed by atoms with E-state index in [2.05, 4.69) is 26.0 Å². The Morgan fingerprint density at radius 2 is 1.16 bits per heavy atom. The zero-order valence-corrected chi connectivity index (χ0v) is 36.9. The van der Waals surface area contributed by atoms with Crippen molar-refractivity contribution < 1.29 is 57.6 Å². The lowest BCUT2D eigenvalue weighted by atomic mass is 10.1. The SMILES string of the molecule is C.C.C.COC(=O)C(Br)c1ccc(OC)cc1.COC(=O)C(Oc1ccccc1[N+](=O)[O-])c1ccc(OC)cc1.COc1ccc(C2Oc3ccccc3NC2=O)cc1.Nc1ccccc1O. The van der Waals surface area contributed by atoms with Gasteiger partial charge >= 0.3 is 17.6 Å². The molecule has 0 radical (unpaired) electrons. The van der Waals surface area contributed by atoms with Gasteiger partial charge in [0.25, 0.3) is 5.91 Å². The fourth-order valence-corrected chi connectivity index (χ4v) is 6.01. The number of aromatic hydroxyl groups is 1. The number of nitrogen functional groups attached to an aromatic ring is 1. The van der Waals surface area contributed by atoms with Crippen LogP contribution in [0.5, 0.6) is 34.5 Å². The second-order valence-electron chi connectivity index (χ2n) is 13.0. The molecule has 3 atom stereocenters. The maximum Gasteiger partial charge on any atom is 0.351 e.